The molecule has 0 radical (unpaired) electrons. The highest BCUT2D eigenvalue weighted by molar-refractivity contribution is 6.36. The first-order chi connectivity index (χ1) is 19.2. The van der Waals surface area contributed by atoms with Crippen molar-refractivity contribution >= 4 is 87.2 Å². The summed E-state index contributed by atoms with van der Waals surface area (Å²) < 4.78 is 10.3. The van der Waals surface area contributed by atoms with Crippen molar-refractivity contribution < 1.29 is 19.1 Å². The topological polar surface area (TPSA) is 126 Å². The number of azo groups is 2. The van der Waals surface area contributed by atoms with Crippen molar-refractivity contribution in [2.75, 3.05) is 12.4 Å². The van der Waals surface area contributed by atoms with Crippen LogP contribution >= 0.6 is 46.4 Å². The molecule has 0 aromatic heterocycles. The number of amides is 1. The molecule has 0 aliphatic rings. The molecule has 3 aromatic carbocycles. The van der Waals surface area contributed by atoms with Gasteiger partial charge in [0.2, 0.25) is 6.04 Å². The Kier molecular flexibility index (Phi) is 11.6. The lowest BCUT2D eigenvalue weighted by Gasteiger charge is -2.09. The standard InChI is InChI=1S/C26H20Cl4N6O4/c1-15(37)25(36-34-23-10-4-17(28)12-21(23)30)26(38)32-19-7-5-18(6-8-19)31-14-40-24(13-39-2)35-33-22-9-3-16(27)11-20(22)29/h3-14,25H,1-2H3,(H,32,38)/b24-13-,31-14?,35-33?,36-34?. The monoisotopic (exact) mass is 620 g/mol. The largest absolute Gasteiger partial charge is 0.499 e. The summed E-state index contributed by atoms with van der Waals surface area (Å²) in [5.41, 5.74) is 1.55. The third kappa shape index (κ3) is 9.42. The summed E-state index contributed by atoms with van der Waals surface area (Å²) in [6, 6.07) is 14.4. The number of halogens is 4. The number of nitrogens with zero attached hydrogens (tertiary/aromatic N) is 5. The Morgan fingerprint density at radius 1 is 0.875 bits per heavy atom. The van der Waals surface area contributed by atoms with Crippen LogP contribution in [0, 0.1) is 0 Å². The lowest BCUT2D eigenvalue weighted by molar-refractivity contribution is -0.126. The van der Waals surface area contributed by atoms with Gasteiger partial charge in [0.05, 0.1) is 22.8 Å². The number of ether oxygens (including phenoxy) is 2. The van der Waals surface area contributed by atoms with E-state index in [1.807, 2.05) is 0 Å². The van der Waals surface area contributed by atoms with Crippen LogP contribution in [0.25, 0.3) is 0 Å². The van der Waals surface area contributed by atoms with Crippen molar-refractivity contribution in [1.29, 1.82) is 0 Å². The fourth-order valence-corrected chi connectivity index (χ4v) is 3.72. The summed E-state index contributed by atoms with van der Waals surface area (Å²) in [5, 5.41) is 19.8. The molecule has 14 heteroatoms. The molecule has 206 valence electrons. The molecule has 1 amide bonds. The van der Waals surface area contributed by atoms with Crippen molar-refractivity contribution in [1.82, 2.24) is 0 Å². The van der Waals surface area contributed by atoms with E-state index in [0.717, 1.165) is 6.40 Å². The van der Waals surface area contributed by atoms with Crippen LogP contribution in [0.4, 0.5) is 22.7 Å². The van der Waals surface area contributed by atoms with Gasteiger partial charge in [-0.2, -0.15) is 10.2 Å². The van der Waals surface area contributed by atoms with Gasteiger partial charge in [-0.05, 0) is 67.6 Å². The Balaban J connectivity index is 1.61. The van der Waals surface area contributed by atoms with Crippen molar-refractivity contribution in [3.8, 4) is 0 Å². The highest BCUT2D eigenvalue weighted by Crippen LogP contribution is 2.29. The SMILES string of the molecule is CO/C=C(/N=Nc1ccc(Cl)cc1Cl)OC=Nc1ccc(NC(=O)C(N=Nc2ccc(Cl)cc2Cl)C(C)=O)cc1. The first-order valence-electron chi connectivity index (χ1n) is 11.2. The van der Waals surface area contributed by atoms with Crippen LogP contribution in [0.5, 0.6) is 0 Å². The number of rotatable bonds is 11. The molecular weight excluding hydrogens is 602 g/mol. The number of hydrogen-bond donors (Lipinski definition) is 1. The number of nitrogens with one attached hydrogen (secondary N) is 1. The number of carbonyl (C=O) groups excluding carboxylic acids is 2. The Labute approximate surface area is 249 Å². The van der Waals surface area contributed by atoms with E-state index in [1.165, 1.54) is 38.5 Å². The van der Waals surface area contributed by atoms with E-state index >= 15 is 0 Å². The lowest BCUT2D eigenvalue weighted by Crippen LogP contribution is -2.31. The molecule has 1 unspecified atom stereocenters. The number of methoxy groups -OCH3 is 1. The van der Waals surface area contributed by atoms with Gasteiger partial charge in [-0.25, -0.2) is 4.99 Å². The van der Waals surface area contributed by atoms with E-state index < -0.39 is 17.7 Å². The first kappa shape index (κ1) is 30.7. The normalized spacial score (nSPS) is 12.7. The molecule has 0 saturated heterocycles. The summed E-state index contributed by atoms with van der Waals surface area (Å²) in [6.07, 6.45) is 2.36. The van der Waals surface area contributed by atoms with Crippen LogP contribution in [0.2, 0.25) is 20.1 Å². The predicted octanol–water partition coefficient (Wildman–Crippen LogP) is 8.89. The van der Waals surface area contributed by atoms with Crippen LogP contribution in [-0.4, -0.2) is 31.2 Å². The number of carbonyl (C=O) groups is 2. The number of Topliss-reactive ketones (excluding diaryl/α,β-unsaturated/α-hetero) is 1. The quantitative estimate of drug-likeness (QED) is 0.0754. The van der Waals surface area contributed by atoms with E-state index in [-0.39, 0.29) is 16.6 Å². The summed E-state index contributed by atoms with van der Waals surface area (Å²) in [5.74, 6) is -1.16. The number of benzene rings is 3. The van der Waals surface area contributed by atoms with E-state index in [2.05, 4.69) is 30.8 Å². The van der Waals surface area contributed by atoms with E-state index in [9.17, 15) is 9.59 Å². The average Bonchev–Trinajstić information content (AvgIpc) is 2.90. The maximum atomic E-state index is 12.7. The smallest absolute Gasteiger partial charge is 0.274 e. The van der Waals surface area contributed by atoms with Gasteiger partial charge in [0.25, 0.3) is 11.8 Å². The second-order valence-corrected chi connectivity index (χ2v) is 9.39. The second kappa shape index (κ2) is 15.1. The van der Waals surface area contributed by atoms with Crippen LogP contribution < -0.4 is 5.32 Å². The molecule has 40 heavy (non-hydrogen) atoms. The van der Waals surface area contributed by atoms with Gasteiger partial charge in [0.1, 0.15) is 17.6 Å². The summed E-state index contributed by atoms with van der Waals surface area (Å²) in [4.78, 5) is 28.9. The zero-order valence-electron chi connectivity index (χ0n) is 20.9. The molecule has 1 N–H and O–H groups in total. The van der Waals surface area contributed by atoms with Crippen LogP contribution in [0.15, 0.2) is 98.3 Å². The van der Waals surface area contributed by atoms with Crippen LogP contribution in [0.3, 0.4) is 0 Å². The molecule has 10 nitrogen and oxygen atoms in total. The van der Waals surface area contributed by atoms with Gasteiger partial charge in [-0.1, -0.05) is 46.4 Å². The van der Waals surface area contributed by atoms with Crippen LogP contribution in [-0.2, 0) is 19.1 Å². The molecule has 0 saturated carbocycles. The van der Waals surface area contributed by atoms with Gasteiger partial charge >= 0.3 is 0 Å². The number of aliphatic imine (C=N–C) groups is 1. The number of hydrogen-bond acceptors (Lipinski definition) is 9. The third-order valence-electron chi connectivity index (χ3n) is 4.72. The molecule has 0 aliphatic heterocycles. The maximum Gasteiger partial charge on any atom is 0.274 e. The minimum absolute atomic E-state index is 0.00507. The van der Waals surface area contributed by atoms with Crippen molar-refractivity contribution in [3.05, 3.63) is 92.9 Å². The molecule has 0 spiro atoms. The lowest BCUT2D eigenvalue weighted by atomic mass is 10.2. The first-order valence-corrected chi connectivity index (χ1v) is 12.7. The summed E-state index contributed by atoms with van der Waals surface area (Å²) >= 11 is 23.9. The van der Waals surface area contributed by atoms with Gasteiger partial charge in [-0.3, -0.25) is 9.59 Å². The van der Waals surface area contributed by atoms with E-state index in [0.29, 0.717) is 32.1 Å². The maximum absolute atomic E-state index is 12.7. The molecule has 3 aromatic rings. The molecule has 3 rings (SSSR count). The van der Waals surface area contributed by atoms with Crippen LogP contribution in [0.1, 0.15) is 6.92 Å². The molecule has 0 bridgehead atoms. The van der Waals surface area contributed by atoms with Gasteiger partial charge in [-0.15, -0.1) is 10.2 Å². The highest BCUT2D eigenvalue weighted by Gasteiger charge is 2.23. The summed E-state index contributed by atoms with van der Waals surface area (Å²) in [6.45, 7) is 1.24. The number of ketones is 1. The zero-order valence-corrected chi connectivity index (χ0v) is 23.9. The molecule has 0 heterocycles. The van der Waals surface area contributed by atoms with Gasteiger partial charge < -0.3 is 14.8 Å². The fraction of sp³-hybridized carbons (Fsp3) is 0.115. The van der Waals surface area contributed by atoms with Gasteiger partial charge in [0.15, 0.2) is 12.2 Å². The number of anilines is 1. The van der Waals surface area contributed by atoms with Crippen molar-refractivity contribution in [2.24, 2.45) is 25.4 Å². The molecule has 1 atom stereocenters. The Morgan fingerprint density at radius 2 is 1.48 bits per heavy atom. The minimum atomic E-state index is -1.37. The second-order valence-electron chi connectivity index (χ2n) is 7.70. The Hall–Kier alpha value is -3.83. The average molecular weight is 622 g/mol. The zero-order chi connectivity index (χ0) is 29.1. The minimum Gasteiger partial charge on any atom is -0.499 e. The predicted molar refractivity (Wildman–Crippen MR) is 156 cm³/mol. The molecule has 0 fully saturated rings. The molecular formula is C26H20Cl4N6O4. The Morgan fingerprint density at radius 3 is 2.02 bits per heavy atom. The fourth-order valence-electron chi connectivity index (χ4n) is 2.82. The van der Waals surface area contributed by atoms with Crippen molar-refractivity contribution in [2.45, 2.75) is 13.0 Å². The van der Waals surface area contributed by atoms with E-state index in [4.69, 9.17) is 55.9 Å². The highest BCUT2D eigenvalue weighted by atomic mass is 35.5. The van der Waals surface area contributed by atoms with E-state index in [1.54, 1.807) is 42.5 Å². The summed E-state index contributed by atoms with van der Waals surface area (Å²) in [7, 11) is 1.42. The third-order valence-corrected chi connectivity index (χ3v) is 5.79. The van der Waals surface area contributed by atoms with Crippen molar-refractivity contribution in [3.63, 3.8) is 0 Å². The Bertz CT molecular complexity index is 1490. The van der Waals surface area contributed by atoms with Gasteiger partial charge in [0, 0.05) is 15.7 Å². The molecule has 0 aliphatic carbocycles.